The molecule has 0 saturated carbocycles. The van der Waals surface area contributed by atoms with E-state index in [1.165, 1.54) is 180 Å². The summed E-state index contributed by atoms with van der Waals surface area (Å²) < 4.78 is 16.9. The fraction of sp³-hybridized carbons (Fsp3) is 0.794. The Balaban J connectivity index is 4.40. The summed E-state index contributed by atoms with van der Waals surface area (Å²) in [5.74, 6) is -0.896. The van der Waals surface area contributed by atoms with E-state index in [4.69, 9.17) is 14.2 Å². The SMILES string of the molecule is CCCCC/C=C\C/C=C\C/C=C\CCCCCCCCC(=O)OC[C@@H](COC(=O)CCCCCCC/C=C\CCCCCCCC)OC(=O)CCCCCCCCC/C=C\CCCCCCCC. The number of rotatable bonds is 54. The number of allylic oxidation sites excluding steroid dienone is 10. The first kappa shape index (κ1) is 66.1. The van der Waals surface area contributed by atoms with Gasteiger partial charge in [0.25, 0.3) is 0 Å². The molecule has 0 amide bonds. The Bertz CT molecular complexity index is 1250. The van der Waals surface area contributed by atoms with Crippen LogP contribution < -0.4 is 0 Å². The topological polar surface area (TPSA) is 78.9 Å². The molecule has 0 saturated heterocycles. The number of hydrogen-bond acceptors (Lipinski definition) is 6. The van der Waals surface area contributed by atoms with Crippen LogP contribution in [0.25, 0.3) is 0 Å². The van der Waals surface area contributed by atoms with Gasteiger partial charge < -0.3 is 14.2 Å². The lowest BCUT2D eigenvalue weighted by molar-refractivity contribution is -0.167. The maximum absolute atomic E-state index is 12.9. The van der Waals surface area contributed by atoms with E-state index >= 15 is 0 Å². The lowest BCUT2D eigenvalue weighted by atomic mass is 10.1. The predicted octanol–water partition coefficient (Wildman–Crippen LogP) is 20.0. The van der Waals surface area contributed by atoms with E-state index in [0.717, 1.165) is 83.5 Å². The third kappa shape index (κ3) is 55.9. The average Bonchev–Trinajstić information content (AvgIpc) is 3.35. The molecule has 0 radical (unpaired) electrons. The standard InChI is InChI=1S/C63H112O6/c1-4-7-10-13-16-19-22-25-28-30-31-33-35-38-41-44-47-50-53-56-62(65)68-59-60(58-67-61(64)55-52-49-46-43-40-37-34-27-24-21-18-15-12-9-6-3)69-63(66)57-54-51-48-45-42-39-36-32-29-26-23-20-17-14-11-8-5-2/h16,19,25-29,31,33-34,60H,4-15,17-18,20-24,30,32,35-59H2,1-3H3/b19-16-,28-25-,29-26-,33-31-,34-27-/t60-/m1/s1. The molecule has 0 heterocycles. The maximum atomic E-state index is 12.9. The molecule has 0 aromatic heterocycles. The van der Waals surface area contributed by atoms with Crippen LogP contribution in [0.4, 0.5) is 0 Å². The Morgan fingerprint density at radius 3 is 0.855 bits per heavy atom. The van der Waals surface area contributed by atoms with Crippen molar-refractivity contribution in [3.05, 3.63) is 60.8 Å². The summed E-state index contributed by atoms with van der Waals surface area (Å²) in [6.45, 7) is 6.61. The minimum Gasteiger partial charge on any atom is -0.462 e. The fourth-order valence-corrected chi connectivity index (χ4v) is 8.44. The van der Waals surface area contributed by atoms with Crippen LogP contribution in [0.3, 0.4) is 0 Å². The van der Waals surface area contributed by atoms with Crippen LogP contribution in [-0.2, 0) is 28.6 Å². The fourth-order valence-electron chi connectivity index (χ4n) is 8.44. The zero-order valence-corrected chi connectivity index (χ0v) is 45.8. The van der Waals surface area contributed by atoms with Crippen molar-refractivity contribution < 1.29 is 28.6 Å². The number of carbonyl (C=O) groups excluding carboxylic acids is 3. The monoisotopic (exact) mass is 965 g/mol. The molecule has 0 aromatic rings. The van der Waals surface area contributed by atoms with Gasteiger partial charge in [0.2, 0.25) is 0 Å². The van der Waals surface area contributed by atoms with E-state index in [9.17, 15) is 14.4 Å². The highest BCUT2D eigenvalue weighted by Gasteiger charge is 2.19. The summed E-state index contributed by atoms with van der Waals surface area (Å²) in [6, 6.07) is 0. The van der Waals surface area contributed by atoms with Gasteiger partial charge in [-0.3, -0.25) is 14.4 Å². The van der Waals surface area contributed by atoms with Gasteiger partial charge in [0.15, 0.2) is 6.10 Å². The van der Waals surface area contributed by atoms with Crippen molar-refractivity contribution in [3.63, 3.8) is 0 Å². The van der Waals surface area contributed by atoms with Crippen LogP contribution in [0.1, 0.15) is 303 Å². The van der Waals surface area contributed by atoms with Gasteiger partial charge in [-0.1, -0.05) is 236 Å². The van der Waals surface area contributed by atoms with Gasteiger partial charge in [0.1, 0.15) is 13.2 Å². The van der Waals surface area contributed by atoms with E-state index in [2.05, 4.69) is 81.5 Å². The molecule has 0 unspecified atom stereocenters. The molecule has 0 aliphatic carbocycles. The van der Waals surface area contributed by atoms with E-state index < -0.39 is 6.10 Å². The third-order valence-electron chi connectivity index (χ3n) is 13.0. The Morgan fingerprint density at radius 2 is 0.522 bits per heavy atom. The van der Waals surface area contributed by atoms with Crippen molar-refractivity contribution in [1.29, 1.82) is 0 Å². The van der Waals surface area contributed by atoms with Gasteiger partial charge in [-0.25, -0.2) is 0 Å². The predicted molar refractivity (Wildman–Crippen MR) is 298 cm³/mol. The molecule has 0 N–H and O–H groups in total. The molecule has 0 aliphatic heterocycles. The van der Waals surface area contributed by atoms with Crippen LogP contribution in [-0.4, -0.2) is 37.2 Å². The zero-order chi connectivity index (χ0) is 50.0. The molecule has 69 heavy (non-hydrogen) atoms. The second kappa shape index (κ2) is 57.7. The minimum absolute atomic E-state index is 0.0834. The Hall–Kier alpha value is -2.89. The van der Waals surface area contributed by atoms with Gasteiger partial charge in [-0.15, -0.1) is 0 Å². The molecule has 6 nitrogen and oxygen atoms in total. The van der Waals surface area contributed by atoms with Crippen LogP contribution in [0.2, 0.25) is 0 Å². The first-order valence-corrected chi connectivity index (χ1v) is 29.8. The number of esters is 3. The molecule has 1 atom stereocenters. The third-order valence-corrected chi connectivity index (χ3v) is 13.0. The van der Waals surface area contributed by atoms with Crippen LogP contribution in [0.5, 0.6) is 0 Å². The second-order valence-corrected chi connectivity index (χ2v) is 19.9. The summed E-state index contributed by atoms with van der Waals surface area (Å²) in [4.78, 5) is 38.2. The maximum Gasteiger partial charge on any atom is 0.306 e. The zero-order valence-electron chi connectivity index (χ0n) is 45.8. The largest absolute Gasteiger partial charge is 0.462 e. The van der Waals surface area contributed by atoms with Crippen LogP contribution in [0, 0.1) is 0 Å². The Labute approximate surface area is 428 Å². The molecule has 400 valence electrons. The molecule has 0 aliphatic rings. The van der Waals surface area contributed by atoms with Gasteiger partial charge >= 0.3 is 17.9 Å². The van der Waals surface area contributed by atoms with Crippen molar-refractivity contribution in [1.82, 2.24) is 0 Å². The Morgan fingerprint density at radius 1 is 0.290 bits per heavy atom. The van der Waals surface area contributed by atoms with E-state index in [1.54, 1.807) is 0 Å². The molecule has 0 fully saturated rings. The van der Waals surface area contributed by atoms with Gasteiger partial charge in [0.05, 0.1) is 0 Å². The van der Waals surface area contributed by atoms with Crippen molar-refractivity contribution in [2.45, 2.75) is 309 Å². The van der Waals surface area contributed by atoms with E-state index in [1.807, 2.05) is 0 Å². The van der Waals surface area contributed by atoms with Gasteiger partial charge in [-0.05, 0) is 109 Å². The highest BCUT2D eigenvalue weighted by molar-refractivity contribution is 5.71. The number of unbranched alkanes of at least 4 members (excludes halogenated alkanes) is 33. The first-order valence-electron chi connectivity index (χ1n) is 29.8. The molecule has 0 aromatic carbocycles. The quantitative estimate of drug-likeness (QED) is 0.0262. The van der Waals surface area contributed by atoms with Crippen molar-refractivity contribution in [3.8, 4) is 0 Å². The smallest absolute Gasteiger partial charge is 0.306 e. The summed E-state index contributed by atoms with van der Waals surface area (Å²) in [7, 11) is 0. The number of hydrogen-bond donors (Lipinski definition) is 0. The number of ether oxygens (including phenoxy) is 3. The normalized spacial score (nSPS) is 12.4. The Kier molecular flexibility index (Phi) is 55.3. The summed E-state index contributed by atoms with van der Waals surface area (Å²) in [5.41, 5.74) is 0. The molecule has 0 bridgehead atoms. The molecular formula is C63H112O6. The molecular weight excluding hydrogens is 853 g/mol. The second-order valence-electron chi connectivity index (χ2n) is 19.9. The van der Waals surface area contributed by atoms with E-state index in [0.29, 0.717) is 19.3 Å². The minimum atomic E-state index is -0.785. The van der Waals surface area contributed by atoms with E-state index in [-0.39, 0.29) is 31.1 Å². The summed E-state index contributed by atoms with van der Waals surface area (Å²) in [5, 5.41) is 0. The van der Waals surface area contributed by atoms with Gasteiger partial charge in [0, 0.05) is 19.3 Å². The van der Waals surface area contributed by atoms with Crippen LogP contribution in [0.15, 0.2) is 60.8 Å². The van der Waals surface area contributed by atoms with Crippen LogP contribution >= 0.6 is 0 Å². The number of carbonyl (C=O) groups is 3. The first-order chi connectivity index (χ1) is 34.0. The van der Waals surface area contributed by atoms with Gasteiger partial charge in [-0.2, -0.15) is 0 Å². The van der Waals surface area contributed by atoms with Crippen molar-refractivity contribution in [2.24, 2.45) is 0 Å². The lowest BCUT2D eigenvalue weighted by Crippen LogP contribution is -2.30. The molecule has 6 heteroatoms. The van der Waals surface area contributed by atoms with Crippen molar-refractivity contribution in [2.75, 3.05) is 13.2 Å². The molecule has 0 rings (SSSR count). The molecule has 0 spiro atoms. The highest BCUT2D eigenvalue weighted by Crippen LogP contribution is 2.15. The summed E-state index contributed by atoms with van der Waals surface area (Å²) in [6.07, 6.45) is 72.0. The highest BCUT2D eigenvalue weighted by atomic mass is 16.6. The average molecular weight is 966 g/mol. The lowest BCUT2D eigenvalue weighted by Gasteiger charge is -2.18. The van der Waals surface area contributed by atoms with Crippen molar-refractivity contribution >= 4 is 17.9 Å². The summed E-state index contributed by atoms with van der Waals surface area (Å²) >= 11 is 0.